The molecule has 18 nitrogen and oxygen atoms in total. The van der Waals surface area contributed by atoms with Crippen LogP contribution in [0.5, 0.6) is 5.75 Å². The van der Waals surface area contributed by atoms with Crippen LogP contribution in [0.25, 0.3) is 0 Å². The number of hydrogen-bond acceptors (Lipinski definition) is 18. The number of ether oxygens (including phenoxy) is 10. The van der Waals surface area contributed by atoms with Gasteiger partial charge in [-0.3, -0.25) is 0 Å². The van der Waals surface area contributed by atoms with Crippen LogP contribution in [0.4, 0.5) is 0 Å². The van der Waals surface area contributed by atoms with E-state index in [2.05, 4.69) is 33.8 Å². The number of fused-ring (bicyclic) bond motifs is 7. The van der Waals surface area contributed by atoms with Crippen molar-refractivity contribution < 1.29 is 87.9 Å². The minimum absolute atomic E-state index is 0.0424. The summed E-state index contributed by atoms with van der Waals surface area (Å²) in [5, 5.41) is 77.1. The molecule has 25 atom stereocenters. The van der Waals surface area contributed by atoms with Crippen LogP contribution < -0.4 is 4.74 Å². The Morgan fingerprint density at radius 2 is 1.47 bits per heavy atom. The lowest BCUT2D eigenvalue weighted by molar-refractivity contribution is -0.380. The fraction of sp³-hybridized carbons (Fsp3) is 0.827. The van der Waals surface area contributed by atoms with E-state index in [9.17, 15) is 40.5 Å². The number of esters is 1. The first-order valence-electron chi connectivity index (χ1n) is 25.8. The van der Waals surface area contributed by atoms with E-state index in [-0.39, 0.29) is 28.6 Å². The molecule has 5 heterocycles. The van der Waals surface area contributed by atoms with Gasteiger partial charge in [-0.05, 0) is 123 Å². The second-order valence-electron chi connectivity index (χ2n) is 22.7. The van der Waals surface area contributed by atoms with Gasteiger partial charge in [-0.15, -0.1) is 0 Å². The maximum absolute atomic E-state index is 12.8. The summed E-state index contributed by atoms with van der Waals surface area (Å²) >= 11 is 0. The first-order valence-corrected chi connectivity index (χ1v) is 25.8. The Labute approximate surface area is 409 Å². The zero-order valence-corrected chi connectivity index (χ0v) is 41.2. The molecule has 1 aromatic rings. The third-order valence-electron chi connectivity index (χ3n) is 18.9. The van der Waals surface area contributed by atoms with Gasteiger partial charge in [0.1, 0.15) is 73.4 Å². The number of carbonyl (C=O) groups excluding carboxylic acids is 1. The summed E-state index contributed by atoms with van der Waals surface area (Å²) in [7, 11) is 1.50. The molecule has 0 bridgehead atoms. The number of aliphatic hydroxyl groups excluding tert-OH is 7. The lowest BCUT2D eigenvalue weighted by Crippen LogP contribution is -2.65. The third-order valence-corrected chi connectivity index (χ3v) is 18.9. The van der Waals surface area contributed by atoms with Gasteiger partial charge in [0, 0.05) is 12.3 Å². The van der Waals surface area contributed by atoms with Gasteiger partial charge in [0.2, 0.25) is 0 Å². The fourth-order valence-corrected chi connectivity index (χ4v) is 14.8. The van der Waals surface area contributed by atoms with Crippen LogP contribution in [0, 0.1) is 46.3 Å². The molecule has 70 heavy (non-hydrogen) atoms. The van der Waals surface area contributed by atoms with Crippen LogP contribution in [-0.2, 0) is 42.6 Å². The molecule has 6 unspecified atom stereocenters. The summed E-state index contributed by atoms with van der Waals surface area (Å²) in [5.74, 6) is 2.37. The van der Waals surface area contributed by atoms with Gasteiger partial charge in [0.05, 0.1) is 44.2 Å². The highest BCUT2D eigenvalue weighted by Gasteiger charge is 2.69. The van der Waals surface area contributed by atoms with Crippen LogP contribution in [0.1, 0.15) is 103 Å². The van der Waals surface area contributed by atoms with Crippen molar-refractivity contribution in [1.29, 1.82) is 0 Å². The molecule has 1 aromatic carbocycles. The Hall–Kier alpha value is -2.37. The molecule has 10 rings (SSSR count). The van der Waals surface area contributed by atoms with Crippen molar-refractivity contribution in [2.75, 3.05) is 26.9 Å². The molecule has 3 saturated carbocycles. The Balaban J connectivity index is 0.826. The number of rotatable bonds is 11. The zero-order valence-electron chi connectivity index (χ0n) is 41.2. The molecular formula is C52H76O18. The number of benzene rings is 1. The van der Waals surface area contributed by atoms with E-state index >= 15 is 0 Å². The highest BCUT2D eigenvalue weighted by molar-refractivity contribution is 5.89. The lowest BCUT2D eigenvalue weighted by atomic mass is 9.47. The summed E-state index contributed by atoms with van der Waals surface area (Å²) in [6, 6.07) is 6.21. The minimum atomic E-state index is -1.74. The second-order valence-corrected chi connectivity index (χ2v) is 22.7. The third kappa shape index (κ3) is 8.79. The van der Waals surface area contributed by atoms with Crippen molar-refractivity contribution >= 4 is 5.97 Å². The molecule has 5 aliphatic heterocycles. The number of methoxy groups -OCH3 is 1. The lowest BCUT2D eigenvalue weighted by Gasteiger charge is -2.58. The largest absolute Gasteiger partial charge is 0.497 e. The zero-order chi connectivity index (χ0) is 49.6. The first-order chi connectivity index (χ1) is 33.4. The summed E-state index contributed by atoms with van der Waals surface area (Å²) in [6.07, 6.45) is -9.86. The van der Waals surface area contributed by atoms with E-state index in [0.717, 1.165) is 51.6 Å². The second kappa shape index (κ2) is 19.7. The standard InChI is InChI=1S/C52H76O18/c1-24-13-18-52(63-22-24)25(2)37-34(70-52)20-33-31-12-9-28-19-30(14-16-50(28,4)32(31)15-17-51(33,37)5)65-49-45(69-47-42(58)40(56)38(54)26(3)64-47)43(59)44(35(21-53)66-49)68-48-41(57)39(55)36(67-48)23-62-46(60)27-7-10-29(61-6)11-8-27/h7-11,24-26,30-45,47-49,53-59H,12-23H2,1-6H3/t24-,25+,26+,30+,31?,32?,33?,34?,35-,36+,37?,38+,39+,40-,41-,42-,43+,44-,45?,47+,48+,49-,50+,51+,52-/m1/s1. The fourth-order valence-electron chi connectivity index (χ4n) is 14.8. The van der Waals surface area contributed by atoms with E-state index in [0.29, 0.717) is 54.1 Å². The number of hydrogen-bond donors (Lipinski definition) is 7. The number of allylic oxidation sites excluding steroid dienone is 1. The Kier molecular flexibility index (Phi) is 14.4. The average Bonchev–Trinajstić information content (AvgIpc) is 3.91. The van der Waals surface area contributed by atoms with E-state index in [1.165, 1.54) is 31.7 Å². The van der Waals surface area contributed by atoms with Gasteiger partial charge in [0.25, 0.3) is 0 Å². The molecule has 1 spiro atoms. The molecule has 9 aliphatic rings. The molecule has 18 heteroatoms. The van der Waals surface area contributed by atoms with Gasteiger partial charge < -0.3 is 83.1 Å². The van der Waals surface area contributed by atoms with Gasteiger partial charge in [-0.2, -0.15) is 0 Å². The van der Waals surface area contributed by atoms with Crippen LogP contribution in [0.2, 0.25) is 0 Å². The molecular weight excluding hydrogens is 913 g/mol. The van der Waals surface area contributed by atoms with E-state index in [4.69, 9.17) is 47.4 Å². The summed E-state index contributed by atoms with van der Waals surface area (Å²) in [6.45, 7) is 10.7. The van der Waals surface area contributed by atoms with Crippen LogP contribution in [0.3, 0.4) is 0 Å². The SMILES string of the molecule is COc1ccc(C(=O)OC[C@@H]2O[C@@H](O[C@H]3[C@H](O)C(O[C@@H]4O[C@@H](C)[C@H](O)[C@@H](O)[C@H]4O)[C@H](O[C@H]4CC[C@@]5(C)C(=CCC6C7CC8O[C@]9(CC[C@@H](C)CO9)[C@@H](C)C8[C@@]7(C)CCC65)C4)O[C@@H]3CO)[C@H](O)[C@H]2O)cc1. The quantitative estimate of drug-likeness (QED) is 0.124. The molecule has 7 N–H and O–H groups in total. The van der Waals surface area contributed by atoms with Crippen LogP contribution >= 0.6 is 0 Å². The smallest absolute Gasteiger partial charge is 0.338 e. The van der Waals surface area contributed by atoms with Crippen LogP contribution in [-0.4, -0.2) is 173 Å². The average molecular weight is 989 g/mol. The molecule has 5 saturated heterocycles. The topological polar surface area (TPSA) is 251 Å². The minimum Gasteiger partial charge on any atom is -0.497 e. The maximum Gasteiger partial charge on any atom is 0.338 e. The van der Waals surface area contributed by atoms with Crippen molar-refractivity contribution in [3.63, 3.8) is 0 Å². The van der Waals surface area contributed by atoms with Crippen molar-refractivity contribution in [2.45, 2.75) is 196 Å². The Morgan fingerprint density at radius 3 is 2.19 bits per heavy atom. The predicted molar refractivity (Wildman–Crippen MR) is 244 cm³/mol. The molecule has 0 aromatic heterocycles. The monoisotopic (exact) mass is 989 g/mol. The summed E-state index contributed by atoms with van der Waals surface area (Å²) in [4.78, 5) is 12.8. The van der Waals surface area contributed by atoms with Gasteiger partial charge in [-0.1, -0.05) is 39.3 Å². The molecule has 392 valence electrons. The normalized spacial score (nSPS) is 51.0. The van der Waals surface area contributed by atoms with Gasteiger partial charge >= 0.3 is 5.97 Å². The van der Waals surface area contributed by atoms with Gasteiger partial charge in [-0.25, -0.2) is 4.79 Å². The van der Waals surface area contributed by atoms with E-state index < -0.39 is 111 Å². The Morgan fingerprint density at radius 1 is 0.757 bits per heavy atom. The number of carbonyl (C=O) groups is 1. The van der Waals surface area contributed by atoms with Gasteiger partial charge in [0.15, 0.2) is 24.7 Å². The van der Waals surface area contributed by atoms with Crippen molar-refractivity contribution in [2.24, 2.45) is 46.3 Å². The van der Waals surface area contributed by atoms with Crippen molar-refractivity contribution in [1.82, 2.24) is 0 Å². The summed E-state index contributed by atoms with van der Waals surface area (Å²) in [5.41, 5.74) is 1.69. The van der Waals surface area contributed by atoms with E-state index in [1.807, 2.05) is 0 Å². The highest BCUT2D eigenvalue weighted by atomic mass is 16.8. The van der Waals surface area contributed by atoms with Crippen molar-refractivity contribution in [3.8, 4) is 5.75 Å². The van der Waals surface area contributed by atoms with E-state index in [1.54, 1.807) is 12.1 Å². The maximum atomic E-state index is 12.8. The van der Waals surface area contributed by atoms with Crippen LogP contribution in [0.15, 0.2) is 35.9 Å². The predicted octanol–water partition coefficient (Wildman–Crippen LogP) is 2.73. The highest BCUT2D eigenvalue weighted by Crippen LogP contribution is 2.70. The molecule has 8 fully saturated rings. The Bertz CT molecular complexity index is 2030. The van der Waals surface area contributed by atoms with Crippen molar-refractivity contribution in [3.05, 3.63) is 41.5 Å². The summed E-state index contributed by atoms with van der Waals surface area (Å²) < 4.78 is 61.2. The molecule has 0 amide bonds. The molecule has 0 radical (unpaired) electrons. The number of aliphatic hydroxyl groups is 7. The molecule has 4 aliphatic carbocycles. The first kappa shape index (κ1) is 51.1.